The van der Waals surface area contributed by atoms with E-state index in [9.17, 15) is 4.79 Å². The van der Waals surface area contributed by atoms with Gasteiger partial charge in [0.05, 0.1) is 0 Å². The first-order valence-electron chi connectivity index (χ1n) is 2.47. The van der Waals surface area contributed by atoms with Crippen molar-refractivity contribution >= 4 is 12.7 Å². The van der Waals surface area contributed by atoms with Gasteiger partial charge >= 0.3 is 5.97 Å². The summed E-state index contributed by atoms with van der Waals surface area (Å²) in [7, 11) is 0. The predicted molar refractivity (Wildman–Crippen MR) is 30.5 cm³/mol. The number of oxime groups is 1. The second kappa shape index (κ2) is 4.30. The van der Waals surface area contributed by atoms with Crippen LogP contribution in [-0.4, -0.2) is 12.7 Å². The van der Waals surface area contributed by atoms with E-state index < -0.39 is 0 Å². The lowest BCUT2D eigenvalue weighted by Crippen LogP contribution is -1.96. The molecule has 0 unspecified atom stereocenters. The molecule has 46 valence electrons. The van der Waals surface area contributed by atoms with Crippen LogP contribution < -0.4 is 0 Å². The van der Waals surface area contributed by atoms with Crippen LogP contribution in [0.2, 0.25) is 0 Å². The summed E-state index contributed by atoms with van der Waals surface area (Å²) in [5.41, 5.74) is 0. The van der Waals surface area contributed by atoms with E-state index in [1.807, 2.05) is 6.92 Å². The zero-order chi connectivity index (χ0) is 6.41. The molecule has 0 radical (unpaired) electrons. The molecule has 3 nitrogen and oxygen atoms in total. The highest BCUT2D eigenvalue weighted by atomic mass is 16.7. The molecule has 0 aliphatic rings. The highest BCUT2D eigenvalue weighted by molar-refractivity contribution is 5.69. The molecule has 0 aliphatic heterocycles. The van der Waals surface area contributed by atoms with Crippen molar-refractivity contribution in [3.8, 4) is 0 Å². The third-order valence-corrected chi connectivity index (χ3v) is 0.620. The first-order chi connectivity index (χ1) is 3.81. The Morgan fingerprint density at radius 1 is 1.88 bits per heavy atom. The van der Waals surface area contributed by atoms with E-state index in [4.69, 9.17) is 0 Å². The molecule has 0 bridgehead atoms. The number of hydrogen-bond donors (Lipinski definition) is 0. The Morgan fingerprint density at radius 3 is 2.88 bits per heavy atom. The number of hydrogen-bond acceptors (Lipinski definition) is 3. The fraction of sp³-hybridized carbons (Fsp3) is 0.600. The Labute approximate surface area is 48.3 Å². The third-order valence-electron chi connectivity index (χ3n) is 0.620. The maximum atomic E-state index is 10.3. The number of rotatable bonds is 3. The van der Waals surface area contributed by atoms with Gasteiger partial charge in [-0.1, -0.05) is 12.1 Å². The molecule has 0 N–H and O–H groups in total. The van der Waals surface area contributed by atoms with Gasteiger partial charge in [0.2, 0.25) is 0 Å². The molecule has 0 aromatic rings. The van der Waals surface area contributed by atoms with Crippen molar-refractivity contribution in [1.82, 2.24) is 0 Å². The predicted octanol–water partition coefficient (Wildman–Crippen LogP) is 0.945. The molecule has 0 saturated carbocycles. The molecule has 0 aromatic carbocycles. The minimum atomic E-state index is -0.317. The summed E-state index contributed by atoms with van der Waals surface area (Å²) in [6.45, 7) is 4.88. The van der Waals surface area contributed by atoms with E-state index in [1.54, 1.807) is 0 Å². The lowest BCUT2D eigenvalue weighted by atomic mass is 10.3. The molecule has 0 saturated heterocycles. The Balaban J connectivity index is 3.18. The highest BCUT2D eigenvalue weighted by Gasteiger charge is 1.96. The maximum Gasteiger partial charge on any atom is 0.334 e. The Kier molecular flexibility index (Phi) is 3.84. The summed E-state index contributed by atoms with van der Waals surface area (Å²) in [6.07, 6.45) is 1.20. The van der Waals surface area contributed by atoms with Crippen molar-refractivity contribution in [2.45, 2.75) is 19.8 Å². The third kappa shape index (κ3) is 3.33. The Morgan fingerprint density at radius 2 is 2.50 bits per heavy atom. The molecule has 0 fully saturated rings. The van der Waals surface area contributed by atoms with E-state index in [0.717, 1.165) is 6.42 Å². The average Bonchev–Trinajstić information content (AvgIpc) is 1.68. The van der Waals surface area contributed by atoms with Crippen molar-refractivity contribution in [3.05, 3.63) is 0 Å². The van der Waals surface area contributed by atoms with Gasteiger partial charge < -0.3 is 4.84 Å². The summed E-state index contributed by atoms with van der Waals surface area (Å²) >= 11 is 0. The molecule has 8 heavy (non-hydrogen) atoms. The quantitative estimate of drug-likeness (QED) is 0.312. The van der Waals surface area contributed by atoms with Gasteiger partial charge in [-0.25, -0.2) is 4.79 Å². The van der Waals surface area contributed by atoms with Gasteiger partial charge in [-0.3, -0.25) is 0 Å². The molecule has 0 aliphatic carbocycles. The SMILES string of the molecule is C=NOC(=O)CCC. The van der Waals surface area contributed by atoms with E-state index in [-0.39, 0.29) is 5.97 Å². The van der Waals surface area contributed by atoms with E-state index in [0.29, 0.717) is 6.42 Å². The van der Waals surface area contributed by atoms with Gasteiger partial charge in [0, 0.05) is 13.1 Å². The van der Waals surface area contributed by atoms with Crippen LogP contribution in [0.5, 0.6) is 0 Å². The van der Waals surface area contributed by atoms with Gasteiger partial charge in [-0.05, 0) is 6.42 Å². The zero-order valence-corrected chi connectivity index (χ0v) is 4.89. The minimum absolute atomic E-state index is 0.317. The molecule has 0 spiro atoms. The number of carbonyl (C=O) groups is 1. The lowest BCUT2D eigenvalue weighted by molar-refractivity contribution is -0.143. The van der Waals surface area contributed by atoms with Crippen molar-refractivity contribution < 1.29 is 9.63 Å². The second-order valence-corrected chi connectivity index (χ2v) is 1.34. The topological polar surface area (TPSA) is 38.7 Å². The first-order valence-corrected chi connectivity index (χ1v) is 2.47. The largest absolute Gasteiger partial charge is 0.334 e. The standard InChI is InChI=1S/C5H9NO2/c1-3-4-5(7)8-6-2/h2-4H2,1H3. The molecule has 0 heterocycles. The van der Waals surface area contributed by atoms with E-state index in [1.165, 1.54) is 0 Å². The summed E-state index contributed by atoms with van der Waals surface area (Å²) in [5, 5.41) is 2.95. The minimum Gasteiger partial charge on any atom is -0.319 e. The van der Waals surface area contributed by atoms with Gasteiger partial charge in [-0.2, -0.15) is 0 Å². The van der Waals surface area contributed by atoms with Gasteiger partial charge in [-0.15, -0.1) is 0 Å². The van der Waals surface area contributed by atoms with Crippen LogP contribution in [0.1, 0.15) is 19.8 Å². The molecule has 0 rings (SSSR count). The summed E-state index contributed by atoms with van der Waals surface area (Å²) in [6, 6.07) is 0. The fourth-order valence-electron chi connectivity index (χ4n) is 0.322. The van der Waals surface area contributed by atoms with Crippen molar-refractivity contribution in [1.29, 1.82) is 0 Å². The molecular formula is C5H9NO2. The van der Waals surface area contributed by atoms with Crippen LogP contribution >= 0.6 is 0 Å². The van der Waals surface area contributed by atoms with Crippen molar-refractivity contribution in [3.63, 3.8) is 0 Å². The smallest absolute Gasteiger partial charge is 0.319 e. The van der Waals surface area contributed by atoms with Crippen LogP contribution in [0.3, 0.4) is 0 Å². The van der Waals surface area contributed by atoms with Gasteiger partial charge in [0.1, 0.15) is 0 Å². The summed E-state index contributed by atoms with van der Waals surface area (Å²) < 4.78 is 0. The van der Waals surface area contributed by atoms with E-state index >= 15 is 0 Å². The Bertz CT molecular complexity index is 90.4. The van der Waals surface area contributed by atoms with Crippen LogP contribution in [0.15, 0.2) is 5.16 Å². The van der Waals surface area contributed by atoms with E-state index in [2.05, 4.69) is 16.7 Å². The van der Waals surface area contributed by atoms with Gasteiger partial charge in [0.15, 0.2) is 0 Å². The van der Waals surface area contributed by atoms with Crippen LogP contribution in [-0.2, 0) is 9.63 Å². The molecule has 0 atom stereocenters. The van der Waals surface area contributed by atoms with Crippen LogP contribution in [0.25, 0.3) is 0 Å². The normalized spacial score (nSPS) is 8.12. The fourth-order valence-corrected chi connectivity index (χ4v) is 0.322. The highest BCUT2D eigenvalue weighted by Crippen LogP contribution is 1.89. The molecular weight excluding hydrogens is 106 g/mol. The molecule has 0 amide bonds. The molecule has 0 aromatic heterocycles. The van der Waals surface area contributed by atoms with Crippen LogP contribution in [0, 0.1) is 0 Å². The zero-order valence-electron chi connectivity index (χ0n) is 4.89. The average molecular weight is 115 g/mol. The molecule has 3 heteroatoms. The number of nitrogens with zero attached hydrogens (tertiary/aromatic N) is 1. The first kappa shape index (κ1) is 7.14. The van der Waals surface area contributed by atoms with Crippen molar-refractivity contribution in [2.24, 2.45) is 5.16 Å². The second-order valence-electron chi connectivity index (χ2n) is 1.34. The maximum absolute atomic E-state index is 10.3. The monoisotopic (exact) mass is 115 g/mol. The van der Waals surface area contributed by atoms with Crippen LogP contribution in [0.4, 0.5) is 0 Å². The Hall–Kier alpha value is -0.860. The summed E-state index contributed by atoms with van der Waals surface area (Å²) in [4.78, 5) is 14.4. The lowest BCUT2D eigenvalue weighted by Gasteiger charge is -1.89. The van der Waals surface area contributed by atoms with Crippen molar-refractivity contribution in [2.75, 3.05) is 0 Å². The van der Waals surface area contributed by atoms with Gasteiger partial charge in [0.25, 0.3) is 0 Å². The summed E-state index contributed by atoms with van der Waals surface area (Å²) in [5.74, 6) is -0.317. The number of carbonyl (C=O) groups excluding carboxylic acids is 1.